The molecule has 2 fully saturated rings. The number of hydrogen-bond donors (Lipinski definition) is 3. The summed E-state index contributed by atoms with van der Waals surface area (Å²) in [5, 5.41) is 6.64. The maximum absolute atomic E-state index is 5.35. The molecule has 4 nitrogen and oxygen atoms in total. The molecule has 11 heavy (non-hydrogen) atoms. The van der Waals surface area contributed by atoms with Crippen LogP contribution in [0.15, 0.2) is 0 Å². The van der Waals surface area contributed by atoms with Crippen molar-refractivity contribution in [1.29, 1.82) is 0 Å². The van der Waals surface area contributed by atoms with Gasteiger partial charge in [-0.15, -0.1) is 0 Å². The third-order valence-corrected chi connectivity index (χ3v) is 2.31. The summed E-state index contributed by atoms with van der Waals surface area (Å²) in [6.45, 7) is 4.26. The van der Waals surface area contributed by atoms with Crippen molar-refractivity contribution >= 4 is 0 Å². The van der Waals surface area contributed by atoms with Crippen molar-refractivity contribution in [2.75, 3.05) is 13.1 Å². The van der Waals surface area contributed by atoms with E-state index < -0.39 is 0 Å². The molecule has 4 heteroatoms. The second kappa shape index (κ2) is 3.06. The van der Waals surface area contributed by atoms with E-state index in [4.69, 9.17) is 4.84 Å². The smallest absolute Gasteiger partial charge is 0.135 e. The van der Waals surface area contributed by atoms with Gasteiger partial charge in [0.05, 0.1) is 6.17 Å². The van der Waals surface area contributed by atoms with Crippen molar-refractivity contribution < 1.29 is 4.84 Å². The molecule has 0 radical (unpaired) electrons. The van der Waals surface area contributed by atoms with Gasteiger partial charge in [0.1, 0.15) is 6.23 Å². The number of rotatable bonds is 1. The van der Waals surface area contributed by atoms with E-state index in [0.29, 0.717) is 12.1 Å². The normalized spacial score (nSPS) is 45.0. The van der Waals surface area contributed by atoms with Crippen LogP contribution in [0.1, 0.15) is 13.3 Å². The van der Waals surface area contributed by atoms with Crippen LogP contribution in [0.5, 0.6) is 0 Å². The van der Waals surface area contributed by atoms with Gasteiger partial charge in [0.2, 0.25) is 0 Å². The fraction of sp³-hybridized carbons (Fsp3) is 1.00. The first-order valence-corrected chi connectivity index (χ1v) is 4.24. The summed E-state index contributed by atoms with van der Waals surface area (Å²) < 4.78 is 0. The first kappa shape index (κ1) is 7.49. The van der Waals surface area contributed by atoms with Gasteiger partial charge in [0, 0.05) is 12.5 Å². The lowest BCUT2D eigenvalue weighted by atomic mass is 10.1. The third kappa shape index (κ3) is 1.54. The molecule has 0 amide bonds. The number of hydroxylamine groups is 1. The highest BCUT2D eigenvalue weighted by Gasteiger charge is 2.30. The maximum Gasteiger partial charge on any atom is 0.135 e. The molecule has 3 N–H and O–H groups in total. The topological polar surface area (TPSA) is 45.3 Å². The Balaban J connectivity index is 1.85. The van der Waals surface area contributed by atoms with Gasteiger partial charge in [-0.3, -0.25) is 10.2 Å². The molecule has 0 bridgehead atoms. The number of hydrogen-bond acceptors (Lipinski definition) is 4. The molecule has 0 aliphatic carbocycles. The van der Waals surface area contributed by atoms with Gasteiger partial charge in [0.25, 0.3) is 0 Å². The molecule has 64 valence electrons. The van der Waals surface area contributed by atoms with Crippen LogP contribution in [-0.4, -0.2) is 25.5 Å². The van der Waals surface area contributed by atoms with Crippen LogP contribution in [0.4, 0.5) is 0 Å². The van der Waals surface area contributed by atoms with Crippen molar-refractivity contribution in [2.24, 2.45) is 5.92 Å². The molecule has 0 aromatic carbocycles. The molecule has 2 aliphatic heterocycles. The predicted molar refractivity (Wildman–Crippen MR) is 41.6 cm³/mol. The largest absolute Gasteiger partial charge is 0.316 e. The Morgan fingerprint density at radius 1 is 1.45 bits per heavy atom. The van der Waals surface area contributed by atoms with Gasteiger partial charge in [-0.25, -0.2) is 0 Å². The monoisotopic (exact) mass is 157 g/mol. The van der Waals surface area contributed by atoms with Crippen LogP contribution in [0.25, 0.3) is 0 Å². The van der Waals surface area contributed by atoms with E-state index in [0.717, 1.165) is 13.1 Å². The summed E-state index contributed by atoms with van der Waals surface area (Å²) in [6, 6.07) is 0. The van der Waals surface area contributed by atoms with Crippen molar-refractivity contribution in [3.05, 3.63) is 0 Å². The summed E-state index contributed by atoms with van der Waals surface area (Å²) >= 11 is 0. The van der Waals surface area contributed by atoms with Crippen molar-refractivity contribution in [1.82, 2.24) is 16.1 Å². The van der Waals surface area contributed by atoms with Crippen LogP contribution >= 0.6 is 0 Å². The zero-order chi connectivity index (χ0) is 7.68. The molecule has 0 unspecified atom stereocenters. The Hall–Kier alpha value is -0.160. The molecule has 0 aromatic rings. The lowest BCUT2D eigenvalue weighted by Crippen LogP contribution is -2.36. The Morgan fingerprint density at radius 3 is 2.91 bits per heavy atom. The van der Waals surface area contributed by atoms with Crippen molar-refractivity contribution in [3.8, 4) is 0 Å². The molecule has 2 heterocycles. The molecule has 2 saturated heterocycles. The fourth-order valence-electron chi connectivity index (χ4n) is 1.66. The van der Waals surface area contributed by atoms with Crippen molar-refractivity contribution in [3.63, 3.8) is 0 Å². The van der Waals surface area contributed by atoms with E-state index in [1.807, 2.05) is 0 Å². The van der Waals surface area contributed by atoms with Gasteiger partial charge in [-0.2, -0.15) is 5.48 Å². The van der Waals surface area contributed by atoms with Crippen LogP contribution < -0.4 is 16.1 Å². The minimum atomic E-state index is 0.208. The lowest BCUT2D eigenvalue weighted by Gasteiger charge is -2.14. The molecule has 0 saturated carbocycles. The fourth-order valence-corrected chi connectivity index (χ4v) is 1.66. The zero-order valence-corrected chi connectivity index (χ0v) is 6.76. The Kier molecular flexibility index (Phi) is 2.09. The average molecular weight is 157 g/mol. The first-order chi connectivity index (χ1) is 5.36. The van der Waals surface area contributed by atoms with Gasteiger partial charge in [-0.05, 0) is 19.9 Å². The van der Waals surface area contributed by atoms with E-state index in [-0.39, 0.29) is 6.23 Å². The van der Waals surface area contributed by atoms with Gasteiger partial charge in [-0.1, -0.05) is 0 Å². The van der Waals surface area contributed by atoms with Gasteiger partial charge < -0.3 is 5.32 Å². The zero-order valence-electron chi connectivity index (χ0n) is 6.76. The van der Waals surface area contributed by atoms with Crippen LogP contribution in [0.3, 0.4) is 0 Å². The first-order valence-electron chi connectivity index (χ1n) is 4.24. The van der Waals surface area contributed by atoms with Crippen LogP contribution in [-0.2, 0) is 4.84 Å². The number of nitrogens with one attached hydrogen (secondary N) is 3. The molecular weight excluding hydrogens is 142 g/mol. The summed E-state index contributed by atoms with van der Waals surface area (Å²) in [7, 11) is 0. The average Bonchev–Trinajstić information content (AvgIpc) is 2.55. The molecule has 0 spiro atoms. The van der Waals surface area contributed by atoms with E-state index in [1.165, 1.54) is 6.42 Å². The molecule has 0 aromatic heterocycles. The maximum atomic E-state index is 5.35. The quantitative estimate of drug-likeness (QED) is 0.475. The Labute approximate surface area is 66.6 Å². The van der Waals surface area contributed by atoms with Crippen LogP contribution in [0, 0.1) is 5.92 Å². The highest BCUT2D eigenvalue weighted by atomic mass is 16.7. The van der Waals surface area contributed by atoms with Crippen LogP contribution in [0.2, 0.25) is 0 Å². The minimum absolute atomic E-state index is 0.208. The summed E-state index contributed by atoms with van der Waals surface area (Å²) in [4.78, 5) is 5.35. The van der Waals surface area contributed by atoms with E-state index in [9.17, 15) is 0 Å². The summed E-state index contributed by atoms with van der Waals surface area (Å²) in [5.74, 6) is 0.632. The second-order valence-electron chi connectivity index (χ2n) is 3.30. The predicted octanol–water partition coefficient (Wildman–Crippen LogP) is -0.608. The minimum Gasteiger partial charge on any atom is -0.316 e. The lowest BCUT2D eigenvalue weighted by molar-refractivity contribution is -0.00540. The summed E-state index contributed by atoms with van der Waals surface area (Å²) in [5.41, 5.74) is 2.91. The van der Waals surface area contributed by atoms with E-state index >= 15 is 0 Å². The second-order valence-corrected chi connectivity index (χ2v) is 3.30. The highest BCUT2D eigenvalue weighted by molar-refractivity contribution is 4.80. The van der Waals surface area contributed by atoms with E-state index in [2.05, 4.69) is 23.0 Å². The van der Waals surface area contributed by atoms with Gasteiger partial charge in [0.15, 0.2) is 0 Å². The third-order valence-electron chi connectivity index (χ3n) is 2.31. The van der Waals surface area contributed by atoms with E-state index in [1.54, 1.807) is 0 Å². The molecule has 2 rings (SSSR count). The SMILES string of the molecule is C[C@@H]1NO[C@H]([C@@H]2CCNC2)N1. The van der Waals surface area contributed by atoms with Gasteiger partial charge >= 0.3 is 0 Å². The molecule has 2 aliphatic rings. The Morgan fingerprint density at radius 2 is 2.36 bits per heavy atom. The standard InChI is InChI=1S/C7H15N3O/c1-5-9-7(11-10-5)6-2-3-8-4-6/h5-10H,2-4H2,1H3/t5-,6+,7+/m0/s1. The molecule has 3 atom stereocenters. The summed E-state index contributed by atoms with van der Waals surface area (Å²) in [6.07, 6.45) is 1.71. The highest BCUT2D eigenvalue weighted by Crippen LogP contribution is 2.15. The Bertz CT molecular complexity index is 136. The molecular formula is C7H15N3O. The van der Waals surface area contributed by atoms with Crippen molar-refractivity contribution in [2.45, 2.75) is 25.7 Å².